The first-order chi connectivity index (χ1) is 14.2. The van der Waals surface area contributed by atoms with Crippen LogP contribution in [0.5, 0.6) is 0 Å². The molecule has 1 fully saturated rings. The van der Waals surface area contributed by atoms with Crippen molar-refractivity contribution in [3.8, 4) is 11.3 Å². The first-order valence-electron chi connectivity index (χ1n) is 10.1. The normalized spacial score (nSPS) is 16.4. The van der Waals surface area contributed by atoms with Crippen LogP contribution in [0, 0.1) is 5.92 Å². The summed E-state index contributed by atoms with van der Waals surface area (Å²) in [6, 6.07) is 24.2. The van der Waals surface area contributed by atoms with Gasteiger partial charge in [-0.25, -0.2) is 0 Å². The number of piperidine rings is 1. The number of aromatic nitrogens is 2. The summed E-state index contributed by atoms with van der Waals surface area (Å²) in [6.07, 6.45) is 1.90. The summed E-state index contributed by atoms with van der Waals surface area (Å²) in [5.41, 5.74) is 3.07. The zero-order valence-corrected chi connectivity index (χ0v) is 16.7. The molecule has 1 aromatic heterocycles. The first kappa shape index (κ1) is 19.1. The highest BCUT2D eigenvalue weighted by atomic mass is 16.2. The fraction of sp³-hybridized carbons (Fsp3) is 0.292. The lowest BCUT2D eigenvalue weighted by molar-refractivity contribution is -0.135. The van der Waals surface area contributed by atoms with Crippen molar-refractivity contribution in [1.29, 1.82) is 0 Å². The maximum Gasteiger partial charge on any atom is 0.227 e. The van der Waals surface area contributed by atoms with Gasteiger partial charge in [-0.1, -0.05) is 60.7 Å². The van der Waals surface area contributed by atoms with Gasteiger partial charge in [0.05, 0.1) is 11.6 Å². The minimum absolute atomic E-state index is 0.00642. The number of carbonyl (C=O) groups is 1. The van der Waals surface area contributed by atoms with E-state index in [1.54, 1.807) is 0 Å². The van der Waals surface area contributed by atoms with E-state index < -0.39 is 0 Å². The van der Waals surface area contributed by atoms with E-state index in [0.717, 1.165) is 42.0 Å². The fourth-order valence-electron chi connectivity index (χ4n) is 3.89. The number of rotatable bonds is 5. The number of hydrogen-bond donors (Lipinski definition) is 0. The highest BCUT2D eigenvalue weighted by Gasteiger charge is 2.28. The molecule has 2 heterocycles. The Hall–Kier alpha value is -3.21. The van der Waals surface area contributed by atoms with Crippen molar-refractivity contribution >= 4 is 11.7 Å². The Kier molecular flexibility index (Phi) is 5.84. The monoisotopic (exact) mass is 386 g/mol. The fourth-order valence-corrected chi connectivity index (χ4v) is 3.89. The highest BCUT2D eigenvalue weighted by molar-refractivity contribution is 5.79. The summed E-state index contributed by atoms with van der Waals surface area (Å²) in [6.45, 7) is 2.24. The molecule has 4 rings (SSSR count). The van der Waals surface area contributed by atoms with Gasteiger partial charge in [-0.3, -0.25) is 4.79 Å². The Labute approximate surface area is 172 Å². The summed E-state index contributed by atoms with van der Waals surface area (Å²) in [5, 5.41) is 8.83. The van der Waals surface area contributed by atoms with Crippen LogP contribution in [0.4, 0.5) is 5.82 Å². The van der Waals surface area contributed by atoms with Crippen molar-refractivity contribution in [2.45, 2.75) is 19.4 Å². The van der Waals surface area contributed by atoms with Crippen molar-refractivity contribution in [3.63, 3.8) is 0 Å². The zero-order chi connectivity index (χ0) is 20.1. The average Bonchev–Trinajstić information content (AvgIpc) is 2.80. The van der Waals surface area contributed by atoms with Crippen molar-refractivity contribution < 1.29 is 4.79 Å². The Morgan fingerprint density at radius 2 is 1.72 bits per heavy atom. The number of anilines is 1. The molecule has 0 aliphatic carbocycles. The Morgan fingerprint density at radius 1 is 1.00 bits per heavy atom. The van der Waals surface area contributed by atoms with Crippen LogP contribution >= 0.6 is 0 Å². The van der Waals surface area contributed by atoms with E-state index in [-0.39, 0.29) is 11.8 Å². The molecule has 1 saturated heterocycles. The lowest BCUT2D eigenvalue weighted by atomic mass is 9.96. The highest BCUT2D eigenvalue weighted by Crippen LogP contribution is 2.24. The molecule has 0 bridgehead atoms. The third-order valence-electron chi connectivity index (χ3n) is 5.45. The summed E-state index contributed by atoms with van der Waals surface area (Å²) in [7, 11) is 1.89. The quantitative estimate of drug-likeness (QED) is 0.665. The van der Waals surface area contributed by atoms with Gasteiger partial charge in [0.2, 0.25) is 5.91 Å². The molecule has 1 unspecified atom stereocenters. The first-order valence-corrected chi connectivity index (χ1v) is 10.1. The molecule has 0 spiro atoms. The van der Waals surface area contributed by atoms with Gasteiger partial charge in [-0.2, -0.15) is 0 Å². The largest absolute Gasteiger partial charge is 0.354 e. The molecular formula is C24H26N4O. The Balaban J connectivity index is 1.40. The number of nitrogens with zero attached hydrogens (tertiary/aromatic N) is 4. The van der Waals surface area contributed by atoms with Gasteiger partial charge in [0.25, 0.3) is 0 Å². The van der Waals surface area contributed by atoms with Crippen LogP contribution in [0.1, 0.15) is 18.4 Å². The summed E-state index contributed by atoms with van der Waals surface area (Å²) in [4.78, 5) is 17.0. The van der Waals surface area contributed by atoms with Crippen LogP contribution in [-0.2, 0) is 11.3 Å². The van der Waals surface area contributed by atoms with Crippen LogP contribution in [0.3, 0.4) is 0 Å². The average molecular weight is 386 g/mol. The van der Waals surface area contributed by atoms with E-state index in [1.165, 1.54) is 0 Å². The van der Waals surface area contributed by atoms with E-state index in [0.29, 0.717) is 13.1 Å². The van der Waals surface area contributed by atoms with Gasteiger partial charge in [0, 0.05) is 32.2 Å². The molecular weight excluding hydrogens is 360 g/mol. The van der Waals surface area contributed by atoms with Crippen molar-refractivity contribution in [2.24, 2.45) is 5.92 Å². The third kappa shape index (κ3) is 4.62. The molecule has 1 aliphatic rings. The van der Waals surface area contributed by atoms with Crippen molar-refractivity contribution in [2.75, 3.05) is 25.0 Å². The minimum Gasteiger partial charge on any atom is -0.354 e. The lowest BCUT2D eigenvalue weighted by Crippen LogP contribution is -2.43. The van der Waals surface area contributed by atoms with Gasteiger partial charge in [-0.15, -0.1) is 10.2 Å². The van der Waals surface area contributed by atoms with Crippen LogP contribution < -0.4 is 4.90 Å². The summed E-state index contributed by atoms with van der Waals surface area (Å²) < 4.78 is 0. The minimum atomic E-state index is -0.00642. The van der Waals surface area contributed by atoms with Gasteiger partial charge in [0.1, 0.15) is 0 Å². The molecule has 2 aromatic carbocycles. The molecule has 0 saturated carbocycles. The molecule has 1 aliphatic heterocycles. The number of carbonyl (C=O) groups excluding carboxylic acids is 1. The van der Waals surface area contributed by atoms with Crippen molar-refractivity contribution in [1.82, 2.24) is 15.1 Å². The van der Waals surface area contributed by atoms with Crippen LogP contribution in [0.15, 0.2) is 72.8 Å². The second-order valence-electron chi connectivity index (χ2n) is 7.61. The van der Waals surface area contributed by atoms with E-state index in [2.05, 4.69) is 27.2 Å². The maximum atomic E-state index is 13.0. The standard InChI is InChI=1S/C24H26N4O/c1-27(17-19-9-4-2-5-10-19)24(29)21-13-8-16-28(18-21)23-15-14-22(25-26-23)20-11-6-3-7-12-20/h2-7,9-12,14-15,21H,8,13,16-18H2,1H3. The molecule has 0 N–H and O–H groups in total. The van der Waals surface area contributed by atoms with E-state index in [1.807, 2.05) is 72.6 Å². The molecule has 29 heavy (non-hydrogen) atoms. The lowest BCUT2D eigenvalue weighted by Gasteiger charge is -2.34. The topological polar surface area (TPSA) is 49.3 Å². The van der Waals surface area contributed by atoms with Crippen LogP contribution in [-0.4, -0.2) is 41.1 Å². The third-order valence-corrected chi connectivity index (χ3v) is 5.45. The van der Waals surface area contributed by atoms with Crippen LogP contribution in [0.2, 0.25) is 0 Å². The Bertz CT molecular complexity index is 928. The van der Waals surface area contributed by atoms with E-state index >= 15 is 0 Å². The van der Waals surface area contributed by atoms with Gasteiger partial charge in [0.15, 0.2) is 5.82 Å². The predicted molar refractivity (Wildman–Crippen MR) is 115 cm³/mol. The smallest absolute Gasteiger partial charge is 0.227 e. The maximum absolute atomic E-state index is 13.0. The van der Waals surface area contributed by atoms with Crippen LogP contribution in [0.25, 0.3) is 11.3 Å². The summed E-state index contributed by atoms with van der Waals surface area (Å²) >= 11 is 0. The van der Waals surface area contributed by atoms with Gasteiger partial charge < -0.3 is 9.80 Å². The number of benzene rings is 2. The van der Waals surface area contributed by atoms with E-state index in [9.17, 15) is 4.79 Å². The van der Waals surface area contributed by atoms with Crippen molar-refractivity contribution in [3.05, 3.63) is 78.4 Å². The van der Waals surface area contributed by atoms with Gasteiger partial charge >= 0.3 is 0 Å². The van der Waals surface area contributed by atoms with E-state index in [4.69, 9.17) is 0 Å². The number of hydrogen-bond acceptors (Lipinski definition) is 4. The molecule has 0 radical (unpaired) electrons. The Morgan fingerprint density at radius 3 is 2.41 bits per heavy atom. The molecule has 5 heteroatoms. The molecule has 1 amide bonds. The molecule has 5 nitrogen and oxygen atoms in total. The molecule has 3 aromatic rings. The second-order valence-corrected chi connectivity index (χ2v) is 7.61. The van der Waals surface area contributed by atoms with Gasteiger partial charge in [-0.05, 0) is 30.5 Å². The molecule has 148 valence electrons. The molecule has 1 atom stereocenters. The predicted octanol–water partition coefficient (Wildman–Crippen LogP) is 4.02. The number of amides is 1. The second kappa shape index (κ2) is 8.86. The summed E-state index contributed by atoms with van der Waals surface area (Å²) in [5.74, 6) is 1.04. The SMILES string of the molecule is CN(Cc1ccccc1)C(=O)C1CCCN(c2ccc(-c3ccccc3)nn2)C1. The zero-order valence-electron chi connectivity index (χ0n) is 16.7.